The van der Waals surface area contributed by atoms with Gasteiger partial charge in [0, 0.05) is 30.8 Å². The molecule has 0 spiro atoms. The van der Waals surface area contributed by atoms with Crippen molar-refractivity contribution in [3.8, 4) is 0 Å². The Bertz CT molecular complexity index is 780. The number of urea groups is 1. The molecule has 7 heteroatoms. The lowest BCUT2D eigenvalue weighted by molar-refractivity contribution is 0.262. The average Bonchev–Trinajstić information content (AvgIpc) is 3.00. The van der Waals surface area contributed by atoms with E-state index in [2.05, 4.69) is 37.6 Å². The van der Waals surface area contributed by atoms with Crippen molar-refractivity contribution in [2.75, 3.05) is 28.6 Å². The molecule has 2 fully saturated rings. The predicted molar refractivity (Wildman–Crippen MR) is 98.2 cm³/mol. The Morgan fingerprint density at radius 3 is 2.72 bits per heavy atom. The summed E-state index contributed by atoms with van der Waals surface area (Å²) in [6.07, 6.45) is 3.62. The van der Waals surface area contributed by atoms with Crippen molar-refractivity contribution in [2.45, 2.75) is 39.0 Å². The summed E-state index contributed by atoms with van der Waals surface area (Å²) in [5.41, 5.74) is 2.62. The van der Waals surface area contributed by atoms with E-state index >= 15 is 0 Å². The van der Waals surface area contributed by atoms with E-state index in [0.717, 1.165) is 30.3 Å². The van der Waals surface area contributed by atoms with Gasteiger partial charge in [-0.3, -0.25) is 10.4 Å². The highest BCUT2D eigenvalue weighted by molar-refractivity contribution is 5.99. The third-order valence-corrected chi connectivity index (χ3v) is 5.10. The van der Waals surface area contributed by atoms with Crippen LogP contribution in [-0.2, 0) is 0 Å². The van der Waals surface area contributed by atoms with Crippen LogP contribution >= 0.6 is 0 Å². The molecular weight excluding hydrogens is 316 g/mol. The third kappa shape index (κ3) is 3.45. The standard InChI is InChI=1S/C18H24N6O/c1-11-9-13(11)15-10-16(23-22-15)21-18(25)20-14-5-6-17(19-12(14)2)24-7-3-4-8-24/h5-6,10-11,13H,3-4,7-9H2,1-2H3,(H3,20,21,22,23,25). The van der Waals surface area contributed by atoms with Crippen LogP contribution in [0.1, 0.15) is 43.5 Å². The van der Waals surface area contributed by atoms with Gasteiger partial charge in [-0.2, -0.15) is 5.10 Å². The molecule has 2 amide bonds. The van der Waals surface area contributed by atoms with E-state index in [1.165, 1.54) is 19.3 Å². The Balaban J connectivity index is 1.37. The second-order valence-electron chi connectivity index (χ2n) is 7.10. The highest BCUT2D eigenvalue weighted by Crippen LogP contribution is 2.46. The molecule has 3 N–H and O–H groups in total. The Labute approximate surface area is 147 Å². The van der Waals surface area contributed by atoms with E-state index in [-0.39, 0.29) is 6.03 Å². The minimum absolute atomic E-state index is 0.305. The van der Waals surface area contributed by atoms with Crippen LogP contribution < -0.4 is 15.5 Å². The van der Waals surface area contributed by atoms with Crippen molar-refractivity contribution >= 4 is 23.4 Å². The first-order chi connectivity index (χ1) is 12.1. The number of aromatic amines is 1. The first kappa shape index (κ1) is 15.9. The minimum atomic E-state index is -0.305. The molecule has 7 nitrogen and oxygen atoms in total. The first-order valence-electron chi connectivity index (χ1n) is 8.96. The molecule has 1 saturated heterocycles. The Hall–Kier alpha value is -2.57. The van der Waals surface area contributed by atoms with Crippen molar-refractivity contribution in [1.29, 1.82) is 0 Å². The summed E-state index contributed by atoms with van der Waals surface area (Å²) < 4.78 is 0. The number of carbonyl (C=O) groups is 1. The topological polar surface area (TPSA) is 85.9 Å². The molecule has 3 heterocycles. The lowest BCUT2D eigenvalue weighted by atomic mass is 10.2. The van der Waals surface area contributed by atoms with Crippen LogP contribution in [0.15, 0.2) is 18.2 Å². The number of hydrogen-bond donors (Lipinski definition) is 3. The Morgan fingerprint density at radius 1 is 1.28 bits per heavy atom. The van der Waals surface area contributed by atoms with E-state index in [1.807, 2.05) is 25.1 Å². The van der Waals surface area contributed by atoms with Gasteiger partial charge in [-0.15, -0.1) is 0 Å². The van der Waals surface area contributed by atoms with Crippen LogP contribution in [0.4, 0.5) is 22.1 Å². The maximum absolute atomic E-state index is 12.2. The molecule has 1 aliphatic carbocycles. The molecule has 1 aliphatic heterocycles. The third-order valence-electron chi connectivity index (χ3n) is 5.10. The Kier molecular flexibility index (Phi) is 4.07. The summed E-state index contributed by atoms with van der Waals surface area (Å²) in [7, 11) is 0. The zero-order valence-electron chi connectivity index (χ0n) is 14.7. The number of carbonyl (C=O) groups excluding carboxylic acids is 1. The number of nitrogens with zero attached hydrogens (tertiary/aromatic N) is 3. The zero-order chi connectivity index (χ0) is 17.4. The summed E-state index contributed by atoms with van der Waals surface area (Å²) in [4.78, 5) is 19.1. The lowest BCUT2D eigenvalue weighted by Gasteiger charge is -2.18. The van der Waals surface area contributed by atoms with Crippen LogP contribution in [0.3, 0.4) is 0 Å². The molecule has 1 saturated carbocycles. The first-order valence-corrected chi connectivity index (χ1v) is 8.96. The summed E-state index contributed by atoms with van der Waals surface area (Å²) in [5, 5.41) is 12.8. The number of hydrogen-bond acceptors (Lipinski definition) is 4. The minimum Gasteiger partial charge on any atom is -0.357 e. The predicted octanol–water partition coefficient (Wildman–Crippen LogP) is 3.48. The van der Waals surface area contributed by atoms with Crippen LogP contribution in [-0.4, -0.2) is 34.3 Å². The number of aromatic nitrogens is 3. The molecule has 0 aromatic carbocycles. The van der Waals surface area contributed by atoms with Crippen molar-refractivity contribution in [3.05, 3.63) is 29.6 Å². The fourth-order valence-corrected chi connectivity index (χ4v) is 3.42. The van der Waals surface area contributed by atoms with E-state index in [9.17, 15) is 4.79 Å². The van der Waals surface area contributed by atoms with Crippen molar-refractivity contribution < 1.29 is 4.79 Å². The van der Waals surface area contributed by atoms with Crippen molar-refractivity contribution in [3.63, 3.8) is 0 Å². The molecule has 0 radical (unpaired) electrons. The van der Waals surface area contributed by atoms with Gasteiger partial charge in [0.25, 0.3) is 0 Å². The molecule has 25 heavy (non-hydrogen) atoms. The molecule has 0 bridgehead atoms. The number of pyridine rings is 1. The van der Waals surface area contributed by atoms with Crippen LogP contribution in [0.2, 0.25) is 0 Å². The monoisotopic (exact) mass is 340 g/mol. The molecule has 2 aromatic heterocycles. The number of amides is 2. The van der Waals surface area contributed by atoms with Crippen LogP contribution in [0.25, 0.3) is 0 Å². The van der Waals surface area contributed by atoms with Gasteiger partial charge in [0.2, 0.25) is 0 Å². The van der Waals surface area contributed by atoms with Gasteiger partial charge < -0.3 is 10.2 Å². The van der Waals surface area contributed by atoms with Crippen molar-refractivity contribution in [2.24, 2.45) is 5.92 Å². The summed E-state index contributed by atoms with van der Waals surface area (Å²) in [5.74, 6) is 2.78. The molecule has 2 aliphatic rings. The van der Waals surface area contributed by atoms with E-state index < -0.39 is 0 Å². The largest absolute Gasteiger partial charge is 0.357 e. The van der Waals surface area contributed by atoms with Gasteiger partial charge in [-0.1, -0.05) is 6.92 Å². The quantitative estimate of drug-likeness (QED) is 0.795. The second kappa shape index (κ2) is 6.38. The fourth-order valence-electron chi connectivity index (χ4n) is 3.42. The van der Waals surface area contributed by atoms with E-state index in [4.69, 9.17) is 0 Å². The van der Waals surface area contributed by atoms with Crippen molar-refractivity contribution in [1.82, 2.24) is 15.2 Å². The highest BCUT2D eigenvalue weighted by Gasteiger charge is 2.35. The zero-order valence-corrected chi connectivity index (χ0v) is 14.7. The van der Waals surface area contributed by atoms with E-state index in [1.54, 1.807) is 0 Å². The number of H-pyrrole nitrogens is 1. The molecule has 2 unspecified atom stereocenters. The molecule has 4 rings (SSSR count). The average molecular weight is 340 g/mol. The molecule has 2 aromatic rings. The number of nitrogens with one attached hydrogen (secondary N) is 3. The fraction of sp³-hybridized carbons (Fsp3) is 0.500. The SMILES string of the molecule is Cc1nc(N2CCCC2)ccc1NC(=O)Nc1cc(C2CC2C)[nH]n1. The number of anilines is 3. The van der Waals surface area contributed by atoms with Crippen LogP contribution in [0.5, 0.6) is 0 Å². The maximum Gasteiger partial charge on any atom is 0.324 e. The number of rotatable bonds is 4. The summed E-state index contributed by atoms with van der Waals surface area (Å²) >= 11 is 0. The number of aryl methyl sites for hydroxylation is 1. The van der Waals surface area contributed by atoms with Gasteiger partial charge in [0.1, 0.15) is 5.82 Å². The summed E-state index contributed by atoms with van der Waals surface area (Å²) in [6, 6.07) is 5.49. The van der Waals surface area contributed by atoms with E-state index in [0.29, 0.717) is 23.3 Å². The summed E-state index contributed by atoms with van der Waals surface area (Å²) in [6.45, 7) is 6.24. The Morgan fingerprint density at radius 2 is 2.04 bits per heavy atom. The van der Waals surface area contributed by atoms with Gasteiger partial charge in [0.05, 0.1) is 11.4 Å². The van der Waals surface area contributed by atoms with Gasteiger partial charge in [0.15, 0.2) is 5.82 Å². The van der Waals surface area contributed by atoms with Gasteiger partial charge >= 0.3 is 6.03 Å². The second-order valence-corrected chi connectivity index (χ2v) is 7.10. The lowest BCUT2D eigenvalue weighted by Crippen LogP contribution is -2.22. The molecular formula is C18H24N6O. The van der Waals surface area contributed by atoms with Crippen LogP contribution in [0, 0.1) is 12.8 Å². The molecule has 2 atom stereocenters. The molecule has 132 valence electrons. The van der Waals surface area contributed by atoms with Gasteiger partial charge in [-0.05, 0) is 44.2 Å². The van der Waals surface area contributed by atoms with Gasteiger partial charge in [-0.25, -0.2) is 9.78 Å². The maximum atomic E-state index is 12.2. The smallest absolute Gasteiger partial charge is 0.324 e. The normalized spacial score (nSPS) is 22.1. The highest BCUT2D eigenvalue weighted by atomic mass is 16.2.